The van der Waals surface area contributed by atoms with Crippen molar-refractivity contribution in [1.82, 2.24) is 0 Å². The summed E-state index contributed by atoms with van der Waals surface area (Å²) in [5.41, 5.74) is 1.57. The highest BCUT2D eigenvalue weighted by atomic mass is 79.9. The first-order chi connectivity index (χ1) is 9.70. The standard InChI is InChI=1S/C15H16BrNO2S/c1-2-8-19-15(18)11-3-5-12(6-4-11)17-10-14-13(16)7-9-20-14/h3-7,9,17H,2,8,10H2,1H3. The quantitative estimate of drug-likeness (QED) is 0.765. The summed E-state index contributed by atoms with van der Waals surface area (Å²) >= 11 is 5.21. The molecule has 0 aliphatic rings. The van der Waals surface area contributed by atoms with Crippen LogP contribution in [0.4, 0.5) is 5.69 Å². The molecule has 0 saturated carbocycles. The fraction of sp³-hybridized carbons (Fsp3) is 0.267. The van der Waals surface area contributed by atoms with E-state index in [1.54, 1.807) is 23.5 Å². The Morgan fingerprint density at radius 1 is 1.30 bits per heavy atom. The van der Waals surface area contributed by atoms with E-state index < -0.39 is 0 Å². The van der Waals surface area contributed by atoms with E-state index in [4.69, 9.17) is 4.74 Å². The van der Waals surface area contributed by atoms with Gasteiger partial charge >= 0.3 is 5.97 Å². The van der Waals surface area contributed by atoms with Crippen LogP contribution < -0.4 is 5.32 Å². The monoisotopic (exact) mass is 353 g/mol. The van der Waals surface area contributed by atoms with E-state index in [9.17, 15) is 4.79 Å². The van der Waals surface area contributed by atoms with Crippen LogP contribution in [0.2, 0.25) is 0 Å². The highest BCUT2D eigenvalue weighted by Crippen LogP contribution is 2.23. The minimum Gasteiger partial charge on any atom is -0.462 e. The average molecular weight is 354 g/mol. The number of benzene rings is 1. The number of thiophene rings is 1. The number of anilines is 1. The molecule has 0 radical (unpaired) electrons. The molecule has 2 rings (SSSR count). The van der Waals surface area contributed by atoms with Gasteiger partial charge in [0.25, 0.3) is 0 Å². The van der Waals surface area contributed by atoms with Crippen LogP contribution in [0.25, 0.3) is 0 Å². The van der Waals surface area contributed by atoms with Crippen LogP contribution in [0.3, 0.4) is 0 Å². The second-order valence-corrected chi connectivity index (χ2v) is 6.11. The average Bonchev–Trinajstić information content (AvgIpc) is 2.88. The van der Waals surface area contributed by atoms with Crippen LogP contribution in [0, 0.1) is 0 Å². The number of halogens is 1. The Labute approximate surface area is 131 Å². The number of rotatable bonds is 6. The van der Waals surface area contributed by atoms with Gasteiger partial charge < -0.3 is 10.1 Å². The van der Waals surface area contributed by atoms with E-state index in [0.717, 1.165) is 23.1 Å². The summed E-state index contributed by atoms with van der Waals surface area (Å²) in [5.74, 6) is -0.264. The van der Waals surface area contributed by atoms with E-state index in [0.29, 0.717) is 12.2 Å². The van der Waals surface area contributed by atoms with Crippen LogP contribution in [-0.4, -0.2) is 12.6 Å². The van der Waals surface area contributed by atoms with Crippen molar-refractivity contribution in [1.29, 1.82) is 0 Å². The predicted octanol–water partition coefficient (Wildman–Crippen LogP) is 4.69. The third kappa shape index (κ3) is 4.08. The number of hydrogen-bond acceptors (Lipinski definition) is 4. The van der Waals surface area contributed by atoms with Gasteiger partial charge in [-0.2, -0.15) is 0 Å². The van der Waals surface area contributed by atoms with Crippen molar-refractivity contribution < 1.29 is 9.53 Å². The lowest BCUT2D eigenvalue weighted by Crippen LogP contribution is -2.06. The maximum Gasteiger partial charge on any atom is 0.338 e. The van der Waals surface area contributed by atoms with E-state index in [1.807, 2.05) is 30.5 Å². The largest absolute Gasteiger partial charge is 0.462 e. The normalized spacial score (nSPS) is 10.3. The van der Waals surface area contributed by atoms with E-state index >= 15 is 0 Å². The van der Waals surface area contributed by atoms with Crippen molar-refractivity contribution in [2.45, 2.75) is 19.9 Å². The molecule has 0 fully saturated rings. The first-order valence-corrected chi connectivity index (χ1v) is 8.11. The minimum atomic E-state index is -0.264. The fourth-order valence-electron chi connectivity index (χ4n) is 1.64. The van der Waals surface area contributed by atoms with Gasteiger partial charge in [-0.15, -0.1) is 11.3 Å². The highest BCUT2D eigenvalue weighted by molar-refractivity contribution is 9.10. The molecule has 0 spiro atoms. The molecule has 3 nitrogen and oxygen atoms in total. The lowest BCUT2D eigenvalue weighted by atomic mass is 10.2. The Morgan fingerprint density at radius 2 is 2.05 bits per heavy atom. The molecule has 0 bridgehead atoms. The van der Waals surface area contributed by atoms with Crippen molar-refractivity contribution in [2.24, 2.45) is 0 Å². The molecule has 106 valence electrons. The number of esters is 1. The van der Waals surface area contributed by atoms with Crippen molar-refractivity contribution in [3.63, 3.8) is 0 Å². The second kappa shape index (κ2) is 7.45. The molecule has 1 heterocycles. The molecule has 0 aliphatic heterocycles. The van der Waals surface area contributed by atoms with Gasteiger partial charge in [0.05, 0.1) is 18.7 Å². The van der Waals surface area contributed by atoms with Crippen molar-refractivity contribution in [2.75, 3.05) is 11.9 Å². The third-order valence-corrected chi connectivity index (χ3v) is 4.63. The van der Waals surface area contributed by atoms with Crippen LogP contribution >= 0.6 is 27.3 Å². The number of hydrogen-bond donors (Lipinski definition) is 1. The van der Waals surface area contributed by atoms with Crippen LogP contribution in [0.5, 0.6) is 0 Å². The third-order valence-electron chi connectivity index (χ3n) is 2.70. The predicted molar refractivity (Wildman–Crippen MR) is 86.4 cm³/mol. The van der Waals surface area contributed by atoms with Gasteiger partial charge in [-0.25, -0.2) is 4.79 Å². The lowest BCUT2D eigenvalue weighted by molar-refractivity contribution is 0.0505. The number of nitrogens with one attached hydrogen (secondary N) is 1. The van der Waals surface area contributed by atoms with Crippen molar-refractivity contribution in [3.8, 4) is 0 Å². The number of ether oxygens (including phenoxy) is 1. The van der Waals surface area contributed by atoms with E-state index in [2.05, 4.69) is 21.2 Å². The van der Waals surface area contributed by atoms with Crippen LogP contribution in [-0.2, 0) is 11.3 Å². The summed E-state index contributed by atoms with van der Waals surface area (Å²) in [6.07, 6.45) is 0.834. The highest BCUT2D eigenvalue weighted by Gasteiger charge is 2.06. The Kier molecular flexibility index (Phi) is 5.61. The summed E-state index contributed by atoms with van der Waals surface area (Å²) in [7, 11) is 0. The van der Waals surface area contributed by atoms with Gasteiger partial charge in [0.2, 0.25) is 0 Å². The molecule has 5 heteroatoms. The summed E-state index contributed by atoms with van der Waals surface area (Å²) in [4.78, 5) is 12.9. The Hall–Kier alpha value is -1.33. The molecule has 1 aromatic heterocycles. The Morgan fingerprint density at radius 3 is 2.65 bits per heavy atom. The number of carbonyl (C=O) groups excluding carboxylic acids is 1. The lowest BCUT2D eigenvalue weighted by Gasteiger charge is -2.07. The smallest absolute Gasteiger partial charge is 0.338 e. The molecule has 20 heavy (non-hydrogen) atoms. The van der Waals surface area contributed by atoms with Crippen molar-refractivity contribution >= 4 is 38.9 Å². The molecule has 1 aromatic carbocycles. The van der Waals surface area contributed by atoms with E-state index in [1.165, 1.54) is 4.88 Å². The molecular weight excluding hydrogens is 338 g/mol. The minimum absolute atomic E-state index is 0.264. The molecule has 0 saturated heterocycles. The van der Waals surface area contributed by atoms with Crippen molar-refractivity contribution in [3.05, 3.63) is 50.6 Å². The topological polar surface area (TPSA) is 38.3 Å². The second-order valence-electron chi connectivity index (χ2n) is 4.26. The summed E-state index contributed by atoms with van der Waals surface area (Å²) in [6.45, 7) is 3.20. The molecule has 2 aromatic rings. The molecule has 1 N–H and O–H groups in total. The maximum atomic E-state index is 11.7. The number of carbonyl (C=O) groups is 1. The molecule has 0 amide bonds. The van der Waals surface area contributed by atoms with Gasteiger partial charge in [-0.1, -0.05) is 6.92 Å². The molecule has 0 unspecified atom stereocenters. The summed E-state index contributed by atoms with van der Waals surface area (Å²) in [5, 5.41) is 5.38. The molecular formula is C15H16BrNO2S. The van der Waals surface area contributed by atoms with Gasteiger partial charge in [-0.05, 0) is 58.1 Å². The first-order valence-electron chi connectivity index (χ1n) is 6.43. The fourth-order valence-corrected chi connectivity index (χ4v) is 3.07. The summed E-state index contributed by atoms with van der Waals surface area (Å²) < 4.78 is 6.21. The molecule has 0 atom stereocenters. The first kappa shape index (κ1) is 15.1. The zero-order valence-corrected chi connectivity index (χ0v) is 13.6. The van der Waals surface area contributed by atoms with Crippen LogP contribution in [0.1, 0.15) is 28.6 Å². The Balaban J connectivity index is 1.91. The van der Waals surface area contributed by atoms with Crippen LogP contribution in [0.15, 0.2) is 40.2 Å². The summed E-state index contributed by atoms with van der Waals surface area (Å²) in [6, 6.07) is 9.39. The zero-order valence-electron chi connectivity index (χ0n) is 11.2. The maximum absolute atomic E-state index is 11.7. The van der Waals surface area contributed by atoms with Gasteiger partial charge in [-0.3, -0.25) is 0 Å². The van der Waals surface area contributed by atoms with E-state index in [-0.39, 0.29) is 5.97 Å². The zero-order chi connectivity index (χ0) is 14.4. The SMILES string of the molecule is CCCOC(=O)c1ccc(NCc2sccc2Br)cc1. The van der Waals surface area contributed by atoms with Gasteiger partial charge in [0.1, 0.15) is 0 Å². The Bertz CT molecular complexity index is 566. The van der Waals surface area contributed by atoms with Gasteiger partial charge in [0, 0.05) is 15.0 Å². The molecule has 0 aliphatic carbocycles. The van der Waals surface area contributed by atoms with Gasteiger partial charge in [0.15, 0.2) is 0 Å².